The number of hydrogen-bond acceptors (Lipinski definition) is 7. The molecule has 2 atom stereocenters. The summed E-state index contributed by atoms with van der Waals surface area (Å²) >= 11 is 0. The molecule has 1 fully saturated rings. The van der Waals surface area contributed by atoms with Gasteiger partial charge in [0.15, 0.2) is 11.9 Å². The lowest BCUT2D eigenvalue weighted by atomic mass is 10.2. The number of esters is 1. The van der Waals surface area contributed by atoms with Crippen LogP contribution >= 0.6 is 0 Å². The summed E-state index contributed by atoms with van der Waals surface area (Å²) in [5.41, 5.74) is 0.377. The largest absolute Gasteiger partial charge is 0.451 e. The number of nitrogens with zero attached hydrogens (tertiary/aromatic N) is 1. The van der Waals surface area contributed by atoms with E-state index < -0.39 is 28.1 Å². The van der Waals surface area contributed by atoms with Crippen LogP contribution in [0.2, 0.25) is 0 Å². The van der Waals surface area contributed by atoms with Crippen molar-refractivity contribution in [3.8, 4) is 0 Å². The molecule has 154 valence electrons. The zero-order valence-corrected chi connectivity index (χ0v) is 16.8. The van der Waals surface area contributed by atoms with E-state index in [1.54, 1.807) is 0 Å². The molecule has 9 nitrogen and oxygen atoms in total. The monoisotopic (exact) mass is 412 g/mol. The third kappa shape index (κ3) is 5.60. The number of ether oxygens (including phenoxy) is 2. The van der Waals surface area contributed by atoms with Crippen molar-refractivity contribution in [1.29, 1.82) is 0 Å². The first-order valence-electron chi connectivity index (χ1n) is 8.82. The average molecular weight is 412 g/mol. The Balaban J connectivity index is 1.96. The molecular weight excluding hydrogens is 388 g/mol. The molecular formula is C18H24N2O7S. The molecule has 1 aromatic carbocycles. The van der Waals surface area contributed by atoms with Gasteiger partial charge in [0, 0.05) is 18.7 Å². The van der Waals surface area contributed by atoms with Crippen LogP contribution in [-0.4, -0.2) is 69.4 Å². The van der Waals surface area contributed by atoms with E-state index >= 15 is 0 Å². The number of Topliss-reactive ketones (excluding diaryl/α,β-unsaturated/α-hetero) is 1. The van der Waals surface area contributed by atoms with Gasteiger partial charge in [0.2, 0.25) is 10.0 Å². The third-order valence-electron chi connectivity index (χ3n) is 4.22. The van der Waals surface area contributed by atoms with Crippen molar-refractivity contribution in [2.75, 3.05) is 26.3 Å². The van der Waals surface area contributed by atoms with Crippen molar-refractivity contribution < 1.29 is 32.3 Å². The molecule has 0 radical (unpaired) electrons. The number of carbonyl (C=O) groups excluding carboxylic acids is 3. The number of benzene rings is 1. The molecule has 10 heteroatoms. The molecule has 1 saturated heterocycles. The Morgan fingerprint density at radius 1 is 1.11 bits per heavy atom. The molecule has 0 bridgehead atoms. The Morgan fingerprint density at radius 3 is 2.21 bits per heavy atom. The summed E-state index contributed by atoms with van der Waals surface area (Å²) in [6, 6.07) is 4.15. The van der Waals surface area contributed by atoms with Crippen molar-refractivity contribution in [2.45, 2.75) is 37.8 Å². The zero-order valence-electron chi connectivity index (χ0n) is 16.0. The second kappa shape index (κ2) is 9.26. The van der Waals surface area contributed by atoms with Gasteiger partial charge in [-0.1, -0.05) is 12.1 Å². The maximum Gasteiger partial charge on any atom is 0.324 e. The number of amides is 1. The Kier molecular flexibility index (Phi) is 7.28. The summed E-state index contributed by atoms with van der Waals surface area (Å²) in [4.78, 5) is 37.2. The molecule has 0 spiro atoms. The fourth-order valence-electron chi connectivity index (χ4n) is 2.59. The fraction of sp³-hybridized carbons (Fsp3) is 0.500. The molecule has 0 saturated carbocycles. The minimum absolute atomic E-state index is 0.0883. The molecule has 1 amide bonds. The Labute approximate surface area is 164 Å². The van der Waals surface area contributed by atoms with Crippen LogP contribution in [-0.2, 0) is 29.1 Å². The van der Waals surface area contributed by atoms with E-state index in [4.69, 9.17) is 9.47 Å². The highest BCUT2D eigenvalue weighted by Crippen LogP contribution is 2.12. The van der Waals surface area contributed by atoms with Crippen LogP contribution in [0.1, 0.15) is 31.1 Å². The lowest BCUT2D eigenvalue weighted by Crippen LogP contribution is -2.47. The summed E-state index contributed by atoms with van der Waals surface area (Å²) in [5.74, 6) is -1.41. The van der Waals surface area contributed by atoms with Gasteiger partial charge in [0.1, 0.15) is 6.04 Å². The van der Waals surface area contributed by atoms with Gasteiger partial charge in [-0.3, -0.25) is 14.4 Å². The highest BCUT2D eigenvalue weighted by molar-refractivity contribution is 7.89. The lowest BCUT2D eigenvalue weighted by Gasteiger charge is -2.29. The first kappa shape index (κ1) is 22.0. The second-order valence-corrected chi connectivity index (χ2v) is 8.15. The number of carbonyl (C=O) groups is 3. The van der Waals surface area contributed by atoms with Gasteiger partial charge >= 0.3 is 5.97 Å². The van der Waals surface area contributed by atoms with Crippen molar-refractivity contribution in [3.05, 3.63) is 29.8 Å². The summed E-state index contributed by atoms with van der Waals surface area (Å²) in [6.45, 7) is 5.82. The van der Waals surface area contributed by atoms with Gasteiger partial charge in [-0.25, -0.2) is 8.42 Å². The smallest absolute Gasteiger partial charge is 0.324 e. The Hall–Kier alpha value is -2.30. The van der Waals surface area contributed by atoms with Crippen LogP contribution in [0.4, 0.5) is 0 Å². The summed E-state index contributed by atoms with van der Waals surface area (Å²) in [6.07, 6.45) is -1.03. The van der Waals surface area contributed by atoms with Crippen LogP contribution in [0.15, 0.2) is 29.2 Å². The van der Waals surface area contributed by atoms with Gasteiger partial charge in [0.05, 0.1) is 18.1 Å². The predicted octanol–water partition coefficient (Wildman–Crippen LogP) is 0.347. The SMILES string of the molecule is CC(=O)c1ccc(S(=O)(=O)N[C@H](C)C(=O)O[C@H](C)C(=O)N2CCOCC2)cc1. The van der Waals surface area contributed by atoms with E-state index in [1.807, 2.05) is 0 Å². The van der Waals surface area contributed by atoms with E-state index in [0.717, 1.165) is 0 Å². The summed E-state index contributed by atoms with van der Waals surface area (Å²) in [5, 5.41) is 0. The minimum Gasteiger partial charge on any atom is -0.451 e. The van der Waals surface area contributed by atoms with E-state index in [-0.39, 0.29) is 16.6 Å². The number of nitrogens with one attached hydrogen (secondary N) is 1. The van der Waals surface area contributed by atoms with Gasteiger partial charge in [-0.05, 0) is 32.9 Å². The second-order valence-electron chi connectivity index (χ2n) is 6.44. The van der Waals surface area contributed by atoms with Crippen molar-refractivity contribution >= 4 is 27.7 Å². The van der Waals surface area contributed by atoms with Crippen molar-refractivity contribution in [1.82, 2.24) is 9.62 Å². The van der Waals surface area contributed by atoms with E-state index in [0.29, 0.717) is 31.9 Å². The standard InChI is InChI=1S/C18H24N2O7S/c1-12(18(23)27-14(3)17(22)20-8-10-26-11-9-20)19-28(24,25)16-6-4-15(5-7-16)13(2)21/h4-7,12,14,19H,8-11H2,1-3H3/t12-,14-/m1/s1. The number of hydrogen-bond donors (Lipinski definition) is 1. The molecule has 0 aromatic heterocycles. The fourth-order valence-corrected chi connectivity index (χ4v) is 3.78. The molecule has 1 aliphatic heterocycles. The minimum atomic E-state index is -4.00. The Morgan fingerprint density at radius 2 is 1.68 bits per heavy atom. The van der Waals surface area contributed by atoms with Gasteiger partial charge in [-0.15, -0.1) is 0 Å². The predicted molar refractivity (Wildman–Crippen MR) is 99.2 cm³/mol. The maximum absolute atomic E-state index is 12.4. The highest BCUT2D eigenvalue weighted by atomic mass is 32.2. The molecule has 1 N–H and O–H groups in total. The van der Waals surface area contributed by atoms with Crippen LogP contribution in [0.3, 0.4) is 0 Å². The van der Waals surface area contributed by atoms with Crippen molar-refractivity contribution in [2.24, 2.45) is 0 Å². The molecule has 28 heavy (non-hydrogen) atoms. The number of morpholine rings is 1. The molecule has 1 aromatic rings. The van der Waals surface area contributed by atoms with Gasteiger partial charge < -0.3 is 14.4 Å². The topological polar surface area (TPSA) is 119 Å². The van der Waals surface area contributed by atoms with Gasteiger partial charge in [0.25, 0.3) is 5.91 Å². The normalized spacial score (nSPS) is 16.9. The first-order chi connectivity index (χ1) is 13.1. The molecule has 0 aliphatic carbocycles. The average Bonchev–Trinajstić information content (AvgIpc) is 2.67. The summed E-state index contributed by atoms with van der Waals surface area (Å²) in [7, 11) is -4.00. The number of rotatable bonds is 7. The van der Waals surface area contributed by atoms with Crippen molar-refractivity contribution in [3.63, 3.8) is 0 Å². The lowest BCUT2D eigenvalue weighted by molar-refractivity contribution is -0.161. The van der Waals surface area contributed by atoms with Crippen LogP contribution in [0, 0.1) is 0 Å². The zero-order chi connectivity index (χ0) is 20.9. The van der Waals surface area contributed by atoms with Crippen LogP contribution in [0.5, 0.6) is 0 Å². The molecule has 1 aliphatic rings. The van der Waals surface area contributed by atoms with Crippen LogP contribution < -0.4 is 4.72 Å². The van der Waals surface area contributed by atoms with Gasteiger partial charge in [-0.2, -0.15) is 4.72 Å². The number of ketones is 1. The first-order valence-corrected chi connectivity index (χ1v) is 10.3. The molecule has 2 rings (SSSR count). The quantitative estimate of drug-likeness (QED) is 0.507. The Bertz CT molecular complexity index is 830. The number of sulfonamides is 1. The maximum atomic E-state index is 12.4. The molecule has 0 unspecified atom stereocenters. The third-order valence-corrected chi connectivity index (χ3v) is 5.78. The molecule has 1 heterocycles. The summed E-state index contributed by atoms with van der Waals surface area (Å²) < 4.78 is 37.3. The van der Waals surface area contributed by atoms with E-state index in [9.17, 15) is 22.8 Å². The van der Waals surface area contributed by atoms with Crippen LogP contribution in [0.25, 0.3) is 0 Å². The van der Waals surface area contributed by atoms with E-state index in [1.165, 1.54) is 49.9 Å². The highest BCUT2D eigenvalue weighted by Gasteiger charge is 2.29. The van der Waals surface area contributed by atoms with E-state index in [2.05, 4.69) is 4.72 Å².